The van der Waals surface area contributed by atoms with E-state index in [0.717, 1.165) is 32.3 Å². The molecule has 0 radical (unpaired) electrons. The molecule has 1 heterocycles. The van der Waals surface area contributed by atoms with E-state index in [9.17, 15) is 14.7 Å². The summed E-state index contributed by atoms with van der Waals surface area (Å²) in [5.74, 6) is -1.76. The number of nitrogens with one attached hydrogen (secondary N) is 1. The molecular weight excluding hydrogens is 270 g/mol. The molecule has 2 fully saturated rings. The van der Waals surface area contributed by atoms with Crippen LogP contribution in [0.5, 0.6) is 0 Å². The maximum atomic E-state index is 12.3. The lowest BCUT2D eigenvalue weighted by atomic mass is 9.82. The van der Waals surface area contributed by atoms with Crippen molar-refractivity contribution in [1.29, 1.82) is 0 Å². The number of allylic oxidation sites excluding steroid dienone is 2. The molecule has 1 saturated heterocycles. The van der Waals surface area contributed by atoms with Crippen molar-refractivity contribution in [1.82, 2.24) is 5.32 Å². The smallest absolute Gasteiger partial charge is 0.307 e. The minimum Gasteiger partial charge on any atom is -0.481 e. The molecule has 1 aliphatic heterocycles. The molecule has 0 spiro atoms. The second-order valence-corrected chi connectivity index (χ2v) is 6.41. The minimum absolute atomic E-state index is 0.0323. The molecule has 2 aliphatic carbocycles. The quantitative estimate of drug-likeness (QED) is 0.755. The van der Waals surface area contributed by atoms with Gasteiger partial charge in [0.1, 0.15) is 0 Å². The molecule has 3 aliphatic rings. The Bertz CT molecular complexity index is 442. The SMILES string of the molecule is O=C(O)[C@@H]1C2C=CC(C2)[C@@H]1C(=O)NCCC1CCCCO1. The molecule has 3 rings (SSSR count). The van der Waals surface area contributed by atoms with Gasteiger partial charge in [-0.1, -0.05) is 12.2 Å². The van der Waals surface area contributed by atoms with Crippen molar-refractivity contribution in [2.75, 3.05) is 13.2 Å². The zero-order chi connectivity index (χ0) is 14.8. The van der Waals surface area contributed by atoms with Crippen LogP contribution in [0.25, 0.3) is 0 Å². The molecule has 0 aromatic rings. The van der Waals surface area contributed by atoms with E-state index in [4.69, 9.17) is 4.74 Å². The van der Waals surface area contributed by atoms with Gasteiger partial charge in [0.15, 0.2) is 0 Å². The van der Waals surface area contributed by atoms with Gasteiger partial charge in [-0.3, -0.25) is 9.59 Å². The molecule has 5 atom stereocenters. The number of fused-ring (bicyclic) bond motifs is 2. The number of carboxylic acid groups (broad SMARTS) is 1. The van der Waals surface area contributed by atoms with Crippen molar-refractivity contribution < 1.29 is 19.4 Å². The number of hydrogen-bond donors (Lipinski definition) is 2. The number of rotatable bonds is 5. The number of carbonyl (C=O) groups excluding carboxylic acids is 1. The fourth-order valence-electron chi connectivity index (χ4n) is 4.03. The van der Waals surface area contributed by atoms with Crippen molar-refractivity contribution in [3.8, 4) is 0 Å². The second kappa shape index (κ2) is 6.18. The average Bonchev–Trinajstić information content (AvgIpc) is 3.08. The van der Waals surface area contributed by atoms with E-state index in [2.05, 4.69) is 5.32 Å². The van der Waals surface area contributed by atoms with Gasteiger partial charge < -0.3 is 15.2 Å². The first-order chi connectivity index (χ1) is 10.2. The fourth-order valence-corrected chi connectivity index (χ4v) is 4.03. The predicted molar refractivity (Wildman–Crippen MR) is 76.6 cm³/mol. The molecule has 2 bridgehead atoms. The first-order valence-corrected chi connectivity index (χ1v) is 7.97. The van der Waals surface area contributed by atoms with Crippen LogP contribution >= 0.6 is 0 Å². The molecule has 21 heavy (non-hydrogen) atoms. The maximum absolute atomic E-state index is 12.3. The molecule has 0 aromatic heterocycles. The molecule has 3 unspecified atom stereocenters. The number of ether oxygens (including phenoxy) is 1. The van der Waals surface area contributed by atoms with Crippen LogP contribution in [0.3, 0.4) is 0 Å². The molecule has 2 N–H and O–H groups in total. The first-order valence-electron chi connectivity index (χ1n) is 7.97. The van der Waals surface area contributed by atoms with Crippen LogP contribution in [0.2, 0.25) is 0 Å². The van der Waals surface area contributed by atoms with Gasteiger partial charge in [-0.05, 0) is 43.9 Å². The third-order valence-corrected chi connectivity index (χ3v) is 5.09. The van der Waals surface area contributed by atoms with Gasteiger partial charge in [-0.15, -0.1) is 0 Å². The summed E-state index contributed by atoms with van der Waals surface area (Å²) in [5.41, 5.74) is 0. The third kappa shape index (κ3) is 2.98. The van der Waals surface area contributed by atoms with Gasteiger partial charge in [0.2, 0.25) is 5.91 Å². The summed E-state index contributed by atoms with van der Waals surface area (Å²) in [6, 6.07) is 0. The van der Waals surface area contributed by atoms with Gasteiger partial charge in [0.25, 0.3) is 0 Å². The largest absolute Gasteiger partial charge is 0.481 e. The molecule has 5 heteroatoms. The minimum atomic E-state index is -0.845. The topological polar surface area (TPSA) is 75.6 Å². The number of amides is 1. The van der Waals surface area contributed by atoms with E-state index in [0.29, 0.717) is 6.54 Å². The zero-order valence-corrected chi connectivity index (χ0v) is 12.2. The van der Waals surface area contributed by atoms with Crippen LogP contribution in [-0.4, -0.2) is 36.2 Å². The lowest BCUT2D eigenvalue weighted by Gasteiger charge is -2.25. The molecule has 5 nitrogen and oxygen atoms in total. The first kappa shape index (κ1) is 14.6. The number of carboxylic acids is 1. The Morgan fingerprint density at radius 2 is 1.95 bits per heavy atom. The summed E-state index contributed by atoms with van der Waals surface area (Å²) < 4.78 is 5.64. The molecule has 1 saturated carbocycles. The summed E-state index contributed by atoms with van der Waals surface area (Å²) in [7, 11) is 0. The molecule has 1 amide bonds. The Balaban J connectivity index is 1.50. The van der Waals surface area contributed by atoms with Gasteiger partial charge in [-0.2, -0.15) is 0 Å². The highest BCUT2D eigenvalue weighted by molar-refractivity contribution is 5.86. The van der Waals surface area contributed by atoms with Crippen LogP contribution in [-0.2, 0) is 14.3 Å². The van der Waals surface area contributed by atoms with Gasteiger partial charge >= 0.3 is 5.97 Å². The van der Waals surface area contributed by atoms with Gasteiger partial charge in [0, 0.05) is 13.2 Å². The number of carbonyl (C=O) groups is 2. The van der Waals surface area contributed by atoms with Crippen LogP contribution in [0.1, 0.15) is 32.1 Å². The van der Waals surface area contributed by atoms with Crippen LogP contribution in [0, 0.1) is 23.7 Å². The van der Waals surface area contributed by atoms with E-state index >= 15 is 0 Å². The summed E-state index contributed by atoms with van der Waals surface area (Å²) in [6.07, 6.45) is 9.22. The molecule has 116 valence electrons. The number of aliphatic carboxylic acids is 1. The summed E-state index contributed by atoms with van der Waals surface area (Å²) in [6.45, 7) is 1.39. The van der Waals surface area contributed by atoms with Crippen LogP contribution in [0.4, 0.5) is 0 Å². The Morgan fingerprint density at radius 1 is 1.19 bits per heavy atom. The Labute approximate surface area is 124 Å². The maximum Gasteiger partial charge on any atom is 0.307 e. The monoisotopic (exact) mass is 293 g/mol. The Hall–Kier alpha value is -1.36. The van der Waals surface area contributed by atoms with E-state index in [1.54, 1.807) is 0 Å². The van der Waals surface area contributed by atoms with Crippen molar-refractivity contribution in [3.63, 3.8) is 0 Å². The normalized spacial score (nSPS) is 37.6. The third-order valence-electron chi connectivity index (χ3n) is 5.09. The summed E-state index contributed by atoms with van der Waals surface area (Å²) in [5, 5.41) is 12.3. The highest BCUT2D eigenvalue weighted by Crippen LogP contribution is 2.48. The van der Waals surface area contributed by atoms with Crippen molar-refractivity contribution in [2.45, 2.75) is 38.2 Å². The standard InChI is InChI=1S/C16H23NO4/c18-15(17-7-6-12-3-1-2-8-21-12)13-10-4-5-11(9-10)14(13)16(19)20/h4-5,10-14H,1-3,6-9H2,(H,17,18)(H,19,20)/t10?,11?,12?,13-,14+/m0/s1. The lowest BCUT2D eigenvalue weighted by Crippen LogP contribution is -2.41. The van der Waals surface area contributed by atoms with Crippen molar-refractivity contribution in [2.24, 2.45) is 23.7 Å². The second-order valence-electron chi connectivity index (χ2n) is 6.41. The van der Waals surface area contributed by atoms with E-state index in [1.807, 2.05) is 12.2 Å². The highest BCUT2D eigenvalue weighted by atomic mass is 16.5. The van der Waals surface area contributed by atoms with Gasteiger partial charge in [0.05, 0.1) is 17.9 Å². The van der Waals surface area contributed by atoms with E-state index < -0.39 is 17.8 Å². The van der Waals surface area contributed by atoms with E-state index in [1.165, 1.54) is 6.42 Å². The zero-order valence-electron chi connectivity index (χ0n) is 12.2. The number of hydrogen-bond acceptors (Lipinski definition) is 3. The molecule has 0 aromatic carbocycles. The lowest BCUT2D eigenvalue weighted by molar-refractivity contribution is -0.147. The van der Waals surface area contributed by atoms with E-state index in [-0.39, 0.29) is 23.8 Å². The van der Waals surface area contributed by atoms with Crippen LogP contribution in [0.15, 0.2) is 12.2 Å². The average molecular weight is 293 g/mol. The van der Waals surface area contributed by atoms with Crippen molar-refractivity contribution in [3.05, 3.63) is 12.2 Å². The molecular formula is C16H23NO4. The summed E-state index contributed by atoms with van der Waals surface area (Å²) >= 11 is 0. The highest BCUT2D eigenvalue weighted by Gasteiger charge is 2.51. The fraction of sp³-hybridized carbons (Fsp3) is 0.750. The van der Waals surface area contributed by atoms with Crippen LogP contribution < -0.4 is 5.32 Å². The van der Waals surface area contributed by atoms with Gasteiger partial charge in [-0.25, -0.2) is 0 Å². The Kier molecular flexibility index (Phi) is 4.29. The predicted octanol–water partition coefficient (Wildman–Crippen LogP) is 1.58. The van der Waals surface area contributed by atoms with Crippen molar-refractivity contribution >= 4 is 11.9 Å². The summed E-state index contributed by atoms with van der Waals surface area (Å²) in [4.78, 5) is 23.7. The Morgan fingerprint density at radius 3 is 2.62 bits per heavy atom.